The monoisotopic (exact) mass is 667 g/mol. The molecule has 0 aliphatic rings. The van der Waals surface area contributed by atoms with E-state index < -0.39 is 73.4 Å². The SMILES string of the molecule is N#Cc1ccc(C(=O)Nc2c(Cl)cc(C(F)(C(F)(F)F)C(F)(F)C(F)(F)F)cc2Br)c(F)c1F.c1ccncc1. The van der Waals surface area contributed by atoms with Gasteiger partial charge in [-0.25, -0.2) is 13.2 Å². The van der Waals surface area contributed by atoms with Gasteiger partial charge in [0.05, 0.1) is 21.8 Å². The Morgan fingerprint density at radius 2 is 1.48 bits per heavy atom. The van der Waals surface area contributed by atoms with Gasteiger partial charge in [-0.15, -0.1) is 0 Å². The van der Waals surface area contributed by atoms with E-state index in [2.05, 4.69) is 20.9 Å². The van der Waals surface area contributed by atoms with Crippen LogP contribution in [0.4, 0.5) is 54.0 Å². The Bertz CT molecular complexity index is 1380. The summed E-state index contributed by atoms with van der Waals surface area (Å²) in [6.45, 7) is 0. The second-order valence-electron chi connectivity index (χ2n) is 7.42. The molecular formula is C23H10BrClF11N3O. The molecule has 0 aliphatic carbocycles. The maximum atomic E-state index is 14.6. The Hall–Kier alpha value is -3.45. The number of hydrogen-bond donors (Lipinski definition) is 1. The predicted octanol–water partition coefficient (Wildman–Crippen LogP) is 8.51. The van der Waals surface area contributed by atoms with Crippen LogP contribution in [0.15, 0.2) is 59.3 Å². The van der Waals surface area contributed by atoms with Gasteiger partial charge in [0, 0.05) is 22.4 Å². The Kier molecular flexibility index (Phi) is 9.80. The molecule has 0 spiro atoms. The second-order valence-corrected chi connectivity index (χ2v) is 8.68. The maximum Gasteiger partial charge on any atom is 0.457 e. The van der Waals surface area contributed by atoms with Gasteiger partial charge in [-0.2, -0.15) is 40.4 Å². The van der Waals surface area contributed by atoms with Crippen molar-refractivity contribution in [2.24, 2.45) is 0 Å². The Balaban J connectivity index is 0.000000821. The fourth-order valence-corrected chi connectivity index (χ4v) is 3.85. The summed E-state index contributed by atoms with van der Waals surface area (Å²) in [5.74, 6) is -12.0. The highest BCUT2D eigenvalue weighted by Crippen LogP contribution is 2.59. The number of hydrogen-bond acceptors (Lipinski definition) is 3. The predicted molar refractivity (Wildman–Crippen MR) is 122 cm³/mol. The molecule has 0 saturated carbocycles. The van der Waals surface area contributed by atoms with E-state index in [1.165, 1.54) is 6.07 Å². The molecule has 1 unspecified atom stereocenters. The van der Waals surface area contributed by atoms with Crippen LogP contribution in [0.1, 0.15) is 21.5 Å². The summed E-state index contributed by atoms with van der Waals surface area (Å²) in [4.78, 5) is 16.0. The topological polar surface area (TPSA) is 65.8 Å². The second kappa shape index (κ2) is 12.0. The first-order chi connectivity index (χ1) is 18.3. The van der Waals surface area contributed by atoms with E-state index in [0.717, 1.165) is 0 Å². The Labute approximate surface area is 230 Å². The number of anilines is 1. The third kappa shape index (κ3) is 6.30. The zero-order chi connectivity index (χ0) is 30.7. The van der Waals surface area contributed by atoms with Crippen molar-refractivity contribution in [2.75, 3.05) is 5.32 Å². The normalized spacial score (nSPS) is 13.4. The van der Waals surface area contributed by atoms with E-state index in [-0.39, 0.29) is 12.1 Å². The first kappa shape index (κ1) is 32.8. The quantitative estimate of drug-likeness (QED) is 0.284. The molecule has 214 valence electrons. The number of halogens is 13. The van der Waals surface area contributed by atoms with Crippen molar-refractivity contribution in [2.45, 2.75) is 23.9 Å². The minimum Gasteiger partial charge on any atom is -0.320 e. The molecule has 1 N–H and O–H groups in total. The van der Waals surface area contributed by atoms with Crippen molar-refractivity contribution in [3.8, 4) is 6.07 Å². The summed E-state index contributed by atoms with van der Waals surface area (Å²) in [5.41, 5.74) is -11.2. The number of nitriles is 1. The lowest BCUT2D eigenvalue weighted by atomic mass is 9.87. The summed E-state index contributed by atoms with van der Waals surface area (Å²) >= 11 is 8.05. The van der Waals surface area contributed by atoms with Crippen LogP contribution in [0, 0.1) is 23.0 Å². The molecule has 2 aromatic carbocycles. The molecule has 1 atom stereocenters. The lowest BCUT2D eigenvalue weighted by molar-refractivity contribution is -0.389. The van der Waals surface area contributed by atoms with Gasteiger partial charge in [0.25, 0.3) is 5.91 Å². The van der Waals surface area contributed by atoms with Crippen molar-refractivity contribution in [1.82, 2.24) is 4.98 Å². The van der Waals surface area contributed by atoms with Gasteiger partial charge in [-0.1, -0.05) is 17.7 Å². The number of aromatic nitrogens is 1. The molecule has 4 nitrogen and oxygen atoms in total. The van der Waals surface area contributed by atoms with E-state index in [0.29, 0.717) is 12.1 Å². The number of amides is 1. The summed E-state index contributed by atoms with van der Waals surface area (Å²) in [5, 5.41) is 9.22. The summed E-state index contributed by atoms with van der Waals surface area (Å²) in [7, 11) is 0. The van der Waals surface area contributed by atoms with E-state index in [1.54, 1.807) is 17.7 Å². The zero-order valence-corrected chi connectivity index (χ0v) is 21.3. The fraction of sp³-hybridized carbons (Fsp3) is 0.174. The van der Waals surface area contributed by atoms with E-state index in [1.807, 2.05) is 18.2 Å². The molecule has 1 amide bonds. The first-order valence-corrected chi connectivity index (χ1v) is 11.2. The smallest absolute Gasteiger partial charge is 0.320 e. The average molecular weight is 669 g/mol. The van der Waals surface area contributed by atoms with Gasteiger partial charge < -0.3 is 5.32 Å². The van der Waals surface area contributed by atoms with Crippen molar-refractivity contribution in [1.29, 1.82) is 5.26 Å². The molecule has 0 radical (unpaired) electrons. The molecule has 0 aliphatic heterocycles. The third-order valence-electron chi connectivity index (χ3n) is 4.87. The Morgan fingerprint density at radius 3 is 1.88 bits per heavy atom. The highest BCUT2D eigenvalue weighted by molar-refractivity contribution is 9.10. The van der Waals surface area contributed by atoms with Crippen LogP contribution >= 0.6 is 27.5 Å². The summed E-state index contributed by atoms with van der Waals surface area (Å²) < 4.78 is 146. The van der Waals surface area contributed by atoms with Gasteiger partial charge >= 0.3 is 23.9 Å². The number of nitrogens with zero attached hydrogens (tertiary/aromatic N) is 2. The van der Waals surface area contributed by atoms with Crippen molar-refractivity contribution in [3.05, 3.63) is 92.7 Å². The van der Waals surface area contributed by atoms with Crippen LogP contribution in [-0.2, 0) is 5.67 Å². The Morgan fingerprint density at radius 1 is 0.900 bits per heavy atom. The number of pyridine rings is 1. The highest BCUT2D eigenvalue weighted by atomic mass is 79.9. The van der Waals surface area contributed by atoms with Crippen LogP contribution in [0.3, 0.4) is 0 Å². The first-order valence-electron chi connectivity index (χ1n) is 10.0. The summed E-state index contributed by atoms with van der Waals surface area (Å²) in [6.07, 6.45) is -10.3. The molecule has 1 heterocycles. The standard InChI is InChI=1S/C18H5BrClF11N2O.C5H5N/c19-9-3-7(15(23,17(26,27)28)16(24,25)18(29,30)31)4-10(20)13(9)33-14(34)8-2-1-6(5-32)11(21)12(8)22;1-2-4-6-5-3-1/h1-4H,(H,33,34);1-5H. The lowest BCUT2D eigenvalue weighted by Crippen LogP contribution is -2.59. The molecule has 1 aromatic heterocycles. The molecule has 0 fully saturated rings. The third-order valence-corrected chi connectivity index (χ3v) is 5.80. The maximum absolute atomic E-state index is 14.6. The van der Waals surface area contributed by atoms with Crippen LogP contribution in [0.5, 0.6) is 0 Å². The number of rotatable bonds is 4. The zero-order valence-electron chi connectivity index (χ0n) is 18.9. The van der Waals surface area contributed by atoms with Crippen LogP contribution < -0.4 is 5.32 Å². The molecule has 3 rings (SSSR count). The van der Waals surface area contributed by atoms with Gasteiger partial charge in [0.1, 0.15) is 6.07 Å². The van der Waals surface area contributed by atoms with Crippen molar-refractivity contribution >= 4 is 39.1 Å². The minimum atomic E-state index is -6.97. The summed E-state index contributed by atoms with van der Waals surface area (Å²) in [6, 6.07) is 7.95. The largest absolute Gasteiger partial charge is 0.457 e. The molecule has 17 heteroatoms. The molecule has 40 heavy (non-hydrogen) atoms. The van der Waals surface area contributed by atoms with Crippen molar-refractivity contribution < 1.29 is 53.1 Å². The molecular weight excluding hydrogens is 659 g/mol. The number of nitrogens with one attached hydrogen (secondary N) is 1. The van der Waals surface area contributed by atoms with E-state index in [4.69, 9.17) is 16.9 Å². The highest BCUT2D eigenvalue weighted by Gasteiger charge is 2.81. The van der Waals surface area contributed by atoms with Gasteiger partial charge in [0.2, 0.25) is 0 Å². The number of carbonyl (C=O) groups is 1. The molecule has 0 saturated heterocycles. The van der Waals surface area contributed by atoms with E-state index in [9.17, 15) is 53.1 Å². The number of alkyl halides is 9. The van der Waals surface area contributed by atoms with Gasteiger partial charge in [-0.05, 0) is 52.3 Å². The average Bonchev–Trinajstić information content (AvgIpc) is 2.87. The van der Waals surface area contributed by atoms with Gasteiger partial charge in [0.15, 0.2) is 11.6 Å². The number of carbonyl (C=O) groups excluding carboxylic acids is 1. The molecule has 0 bridgehead atoms. The van der Waals surface area contributed by atoms with Crippen LogP contribution in [0.2, 0.25) is 5.02 Å². The lowest BCUT2D eigenvalue weighted by Gasteiger charge is -2.36. The minimum absolute atomic E-state index is 0.148. The van der Waals surface area contributed by atoms with Crippen LogP contribution in [0.25, 0.3) is 0 Å². The van der Waals surface area contributed by atoms with E-state index >= 15 is 0 Å². The number of benzene rings is 2. The molecule has 3 aromatic rings. The van der Waals surface area contributed by atoms with Crippen LogP contribution in [-0.4, -0.2) is 29.2 Å². The van der Waals surface area contributed by atoms with Crippen molar-refractivity contribution in [3.63, 3.8) is 0 Å². The van der Waals surface area contributed by atoms with Gasteiger partial charge in [-0.3, -0.25) is 9.78 Å². The fourth-order valence-electron chi connectivity index (χ4n) is 2.91.